The molecule has 0 N–H and O–H groups in total. The van der Waals surface area contributed by atoms with E-state index in [-0.39, 0.29) is 23.4 Å². The Morgan fingerprint density at radius 1 is 1.45 bits per heavy atom. The lowest BCUT2D eigenvalue weighted by molar-refractivity contribution is -0.157. The molecule has 2 aliphatic carbocycles. The highest BCUT2D eigenvalue weighted by molar-refractivity contribution is 5.74. The Labute approximate surface area is 122 Å². The molecule has 0 saturated heterocycles. The lowest BCUT2D eigenvalue weighted by Gasteiger charge is -2.29. The van der Waals surface area contributed by atoms with Gasteiger partial charge >= 0.3 is 5.97 Å². The van der Waals surface area contributed by atoms with Gasteiger partial charge in [-0.3, -0.25) is 4.79 Å². The van der Waals surface area contributed by atoms with Crippen molar-refractivity contribution < 1.29 is 14.3 Å². The molecule has 1 atom stereocenters. The lowest BCUT2D eigenvalue weighted by atomic mass is 9.94. The Kier molecular flexibility index (Phi) is 4.29. The number of allylic oxidation sites excluding steroid dienone is 1. The summed E-state index contributed by atoms with van der Waals surface area (Å²) in [6.07, 6.45) is 6.69. The van der Waals surface area contributed by atoms with Crippen LogP contribution in [0.15, 0.2) is 11.6 Å². The highest BCUT2D eigenvalue weighted by atomic mass is 16.6. The second-order valence-corrected chi connectivity index (χ2v) is 7.61. The van der Waals surface area contributed by atoms with E-state index in [1.807, 2.05) is 13.8 Å². The molecule has 0 aromatic heterocycles. The number of hydrogen-bond donors (Lipinski definition) is 0. The highest BCUT2D eigenvalue weighted by Gasteiger charge is 2.34. The van der Waals surface area contributed by atoms with Crippen LogP contribution in [-0.4, -0.2) is 24.3 Å². The lowest BCUT2D eigenvalue weighted by Crippen LogP contribution is -2.36. The molecule has 0 amide bonds. The summed E-state index contributed by atoms with van der Waals surface area (Å²) in [7, 11) is 0. The summed E-state index contributed by atoms with van der Waals surface area (Å²) in [4.78, 5) is 11.6. The molecule has 20 heavy (non-hydrogen) atoms. The fourth-order valence-electron chi connectivity index (χ4n) is 2.70. The van der Waals surface area contributed by atoms with Crippen molar-refractivity contribution in [3.05, 3.63) is 11.6 Å². The Hall–Kier alpha value is -0.830. The highest BCUT2D eigenvalue weighted by Crippen LogP contribution is 2.37. The molecular formula is C17H28O3. The normalized spacial score (nSPS) is 23.4. The second kappa shape index (κ2) is 5.51. The zero-order valence-electron chi connectivity index (χ0n) is 13.5. The van der Waals surface area contributed by atoms with E-state index in [4.69, 9.17) is 9.47 Å². The van der Waals surface area contributed by atoms with E-state index in [2.05, 4.69) is 26.8 Å². The molecule has 0 aromatic carbocycles. The first kappa shape index (κ1) is 15.6. The number of hydrogen-bond acceptors (Lipinski definition) is 3. The van der Waals surface area contributed by atoms with Gasteiger partial charge in [-0.25, -0.2) is 0 Å². The van der Waals surface area contributed by atoms with Crippen molar-refractivity contribution in [1.29, 1.82) is 0 Å². The van der Waals surface area contributed by atoms with E-state index in [1.165, 1.54) is 12.0 Å². The van der Waals surface area contributed by atoms with Gasteiger partial charge in [0.1, 0.15) is 6.61 Å². The van der Waals surface area contributed by atoms with Crippen LogP contribution in [0.25, 0.3) is 0 Å². The fourth-order valence-corrected chi connectivity index (χ4v) is 2.70. The molecular weight excluding hydrogens is 252 g/mol. The predicted octanol–water partition coefficient (Wildman–Crippen LogP) is 3.87. The first-order valence-corrected chi connectivity index (χ1v) is 7.75. The van der Waals surface area contributed by atoms with Crippen molar-refractivity contribution in [3.8, 4) is 0 Å². The maximum absolute atomic E-state index is 11.6. The molecule has 0 aliphatic heterocycles. The summed E-state index contributed by atoms with van der Waals surface area (Å²) in [5.41, 5.74) is 1.23. The van der Waals surface area contributed by atoms with Crippen molar-refractivity contribution in [2.75, 3.05) is 6.61 Å². The molecule has 0 heterocycles. The van der Waals surface area contributed by atoms with Crippen molar-refractivity contribution in [2.45, 2.75) is 72.0 Å². The van der Waals surface area contributed by atoms with Crippen LogP contribution in [0.3, 0.4) is 0 Å². The van der Waals surface area contributed by atoms with E-state index < -0.39 is 5.60 Å². The van der Waals surface area contributed by atoms with Gasteiger partial charge in [0.2, 0.25) is 0 Å². The minimum Gasteiger partial charge on any atom is -0.462 e. The van der Waals surface area contributed by atoms with Crippen LogP contribution in [-0.2, 0) is 14.3 Å². The van der Waals surface area contributed by atoms with E-state index in [9.17, 15) is 4.79 Å². The fraction of sp³-hybridized carbons (Fsp3) is 0.824. The van der Waals surface area contributed by atoms with Crippen LogP contribution in [0.5, 0.6) is 0 Å². The van der Waals surface area contributed by atoms with Gasteiger partial charge in [-0.15, -0.1) is 0 Å². The SMILES string of the molecule is CC(OC(C)(C)COC(=O)C1CC1)C1=CC(C)(C)CC1. The Morgan fingerprint density at radius 3 is 2.60 bits per heavy atom. The summed E-state index contributed by atoms with van der Waals surface area (Å²) in [5.74, 6) is 0.0945. The first-order valence-electron chi connectivity index (χ1n) is 7.75. The third-order valence-electron chi connectivity index (χ3n) is 4.12. The van der Waals surface area contributed by atoms with E-state index in [0.717, 1.165) is 19.3 Å². The number of rotatable bonds is 6. The van der Waals surface area contributed by atoms with E-state index >= 15 is 0 Å². The van der Waals surface area contributed by atoms with Gasteiger partial charge in [-0.1, -0.05) is 19.9 Å². The van der Waals surface area contributed by atoms with Gasteiger partial charge < -0.3 is 9.47 Å². The molecule has 1 unspecified atom stereocenters. The molecule has 3 nitrogen and oxygen atoms in total. The molecule has 114 valence electrons. The molecule has 0 bridgehead atoms. The van der Waals surface area contributed by atoms with Crippen LogP contribution in [0.4, 0.5) is 0 Å². The average Bonchev–Trinajstić information content (AvgIpc) is 3.10. The maximum atomic E-state index is 11.6. The van der Waals surface area contributed by atoms with Crippen molar-refractivity contribution >= 4 is 5.97 Å². The average molecular weight is 280 g/mol. The third kappa shape index (κ3) is 4.34. The minimum atomic E-state index is -0.433. The van der Waals surface area contributed by atoms with Gasteiger partial charge in [0, 0.05) is 0 Å². The smallest absolute Gasteiger partial charge is 0.309 e. The quantitative estimate of drug-likeness (QED) is 0.547. The Balaban J connectivity index is 1.82. The number of carbonyl (C=O) groups excluding carboxylic acids is 1. The van der Waals surface area contributed by atoms with Crippen molar-refractivity contribution in [1.82, 2.24) is 0 Å². The van der Waals surface area contributed by atoms with E-state index in [1.54, 1.807) is 0 Å². The molecule has 2 rings (SSSR count). The number of ether oxygens (including phenoxy) is 2. The van der Waals surface area contributed by atoms with Crippen molar-refractivity contribution in [3.63, 3.8) is 0 Å². The van der Waals surface area contributed by atoms with Gasteiger partial charge in [0.15, 0.2) is 0 Å². The van der Waals surface area contributed by atoms with E-state index in [0.29, 0.717) is 6.61 Å². The topological polar surface area (TPSA) is 35.5 Å². The third-order valence-corrected chi connectivity index (χ3v) is 4.12. The summed E-state index contributed by atoms with van der Waals surface area (Å²) < 4.78 is 11.5. The molecule has 1 saturated carbocycles. The molecule has 0 spiro atoms. The van der Waals surface area contributed by atoms with Gasteiger partial charge in [0.25, 0.3) is 0 Å². The second-order valence-electron chi connectivity index (χ2n) is 7.61. The monoisotopic (exact) mass is 280 g/mol. The Bertz CT molecular complexity index is 402. The van der Waals surface area contributed by atoms with Crippen molar-refractivity contribution in [2.24, 2.45) is 11.3 Å². The van der Waals surface area contributed by atoms with Gasteiger partial charge in [-0.05, 0) is 57.4 Å². The standard InChI is InChI=1S/C17H28O3/c1-12(14-8-9-16(2,3)10-14)20-17(4,5)11-19-15(18)13-6-7-13/h10,12-13H,6-9,11H2,1-5H3. The number of carbonyl (C=O) groups is 1. The summed E-state index contributed by atoms with van der Waals surface area (Å²) >= 11 is 0. The van der Waals surface area contributed by atoms with Gasteiger partial charge in [-0.2, -0.15) is 0 Å². The van der Waals surface area contributed by atoms with Crippen LogP contribution >= 0.6 is 0 Å². The zero-order valence-corrected chi connectivity index (χ0v) is 13.5. The summed E-state index contributed by atoms with van der Waals surface area (Å²) in [6.45, 7) is 10.9. The molecule has 0 aromatic rings. The largest absolute Gasteiger partial charge is 0.462 e. The zero-order chi connectivity index (χ0) is 15.0. The van der Waals surface area contributed by atoms with Gasteiger partial charge in [0.05, 0.1) is 17.6 Å². The van der Waals surface area contributed by atoms with Crippen LogP contribution in [0, 0.1) is 11.3 Å². The number of esters is 1. The Morgan fingerprint density at radius 2 is 2.10 bits per heavy atom. The predicted molar refractivity (Wildman–Crippen MR) is 79.4 cm³/mol. The molecule has 2 aliphatic rings. The summed E-state index contributed by atoms with van der Waals surface area (Å²) in [6, 6.07) is 0. The molecule has 0 radical (unpaired) electrons. The first-order chi connectivity index (χ1) is 9.19. The van der Waals surface area contributed by atoms with Crippen LogP contribution in [0.2, 0.25) is 0 Å². The molecule has 1 fully saturated rings. The maximum Gasteiger partial charge on any atom is 0.309 e. The van der Waals surface area contributed by atoms with Crippen LogP contribution in [0.1, 0.15) is 60.3 Å². The minimum absolute atomic E-state index is 0.0597. The van der Waals surface area contributed by atoms with Crippen LogP contribution < -0.4 is 0 Å². The molecule has 3 heteroatoms. The summed E-state index contributed by atoms with van der Waals surface area (Å²) in [5, 5.41) is 0.